The van der Waals surface area contributed by atoms with E-state index in [0.29, 0.717) is 31.8 Å². The highest BCUT2D eigenvalue weighted by molar-refractivity contribution is 14.0. The maximum atomic E-state index is 5.95. The van der Waals surface area contributed by atoms with Crippen molar-refractivity contribution in [3.63, 3.8) is 0 Å². The summed E-state index contributed by atoms with van der Waals surface area (Å²) >= 11 is 0. The van der Waals surface area contributed by atoms with E-state index in [1.54, 1.807) is 0 Å². The third-order valence-electron chi connectivity index (χ3n) is 4.03. The first-order chi connectivity index (χ1) is 11.3. The molecule has 1 aromatic rings. The van der Waals surface area contributed by atoms with Gasteiger partial charge in [-0.2, -0.15) is 0 Å². The molecule has 0 spiro atoms. The molecule has 2 heterocycles. The van der Waals surface area contributed by atoms with Crippen molar-refractivity contribution in [3.05, 3.63) is 18.2 Å². The molecule has 1 saturated heterocycles. The Morgan fingerprint density at radius 2 is 1.96 bits per heavy atom. The molecule has 0 aromatic heterocycles. The minimum atomic E-state index is 0. The molecule has 3 N–H and O–H groups in total. The lowest BCUT2D eigenvalue weighted by Crippen LogP contribution is -2.24. The first-order valence-corrected chi connectivity index (χ1v) is 8.39. The summed E-state index contributed by atoms with van der Waals surface area (Å²) in [6.45, 7) is 2.90. The molecule has 2 aliphatic heterocycles. The zero-order valence-electron chi connectivity index (χ0n) is 13.8. The maximum Gasteiger partial charge on any atom is 0.193 e. The highest BCUT2D eigenvalue weighted by Crippen LogP contribution is 2.32. The number of benzene rings is 1. The fourth-order valence-corrected chi connectivity index (χ4v) is 2.79. The van der Waals surface area contributed by atoms with Crippen LogP contribution >= 0.6 is 24.0 Å². The number of ether oxygens (including phenoxy) is 3. The van der Waals surface area contributed by atoms with E-state index in [4.69, 9.17) is 19.9 Å². The van der Waals surface area contributed by atoms with E-state index in [1.807, 2.05) is 18.2 Å². The number of anilines is 1. The van der Waals surface area contributed by atoms with Gasteiger partial charge in [0.25, 0.3) is 0 Å². The second-order valence-electron chi connectivity index (χ2n) is 5.88. The van der Waals surface area contributed by atoms with Crippen molar-refractivity contribution in [3.8, 4) is 11.5 Å². The largest absolute Gasteiger partial charge is 0.490 e. The number of aliphatic imine (C=N–C) groups is 1. The molecule has 7 heteroatoms. The summed E-state index contributed by atoms with van der Waals surface area (Å²) in [5, 5.41) is 3.10. The zero-order valence-corrected chi connectivity index (χ0v) is 16.2. The number of nitrogens with zero attached hydrogens (tertiary/aromatic N) is 1. The van der Waals surface area contributed by atoms with Crippen molar-refractivity contribution in [1.29, 1.82) is 0 Å². The number of halogens is 1. The second kappa shape index (κ2) is 9.93. The molecule has 134 valence electrons. The Morgan fingerprint density at radius 1 is 1.12 bits per heavy atom. The lowest BCUT2D eigenvalue weighted by atomic mass is 10.1. The molecule has 0 aliphatic carbocycles. The van der Waals surface area contributed by atoms with E-state index >= 15 is 0 Å². The number of hydrogen-bond donors (Lipinski definition) is 2. The molecule has 24 heavy (non-hydrogen) atoms. The summed E-state index contributed by atoms with van der Waals surface area (Å²) in [6.07, 6.45) is 5.70. The fraction of sp³-hybridized carbons (Fsp3) is 0.588. The van der Waals surface area contributed by atoms with Crippen molar-refractivity contribution in [2.75, 3.05) is 31.7 Å². The standard InChI is InChI=1S/C17H25N3O3.HI/c18-17(19-8-7-14-4-1-2-9-21-14)20-13-5-6-15-16(12-13)23-11-3-10-22-15;/h5-6,12,14H,1-4,7-11H2,(H3,18,19,20);1H. The molecule has 1 unspecified atom stereocenters. The van der Waals surface area contributed by atoms with E-state index in [0.717, 1.165) is 43.1 Å². The van der Waals surface area contributed by atoms with E-state index in [2.05, 4.69) is 10.3 Å². The zero-order chi connectivity index (χ0) is 15.9. The van der Waals surface area contributed by atoms with Gasteiger partial charge in [-0.15, -0.1) is 24.0 Å². The smallest absolute Gasteiger partial charge is 0.193 e. The van der Waals surface area contributed by atoms with Crippen molar-refractivity contribution in [2.24, 2.45) is 10.7 Å². The average Bonchev–Trinajstić information content (AvgIpc) is 2.81. The number of hydrogen-bond acceptors (Lipinski definition) is 4. The number of guanidine groups is 1. The molecule has 1 atom stereocenters. The quantitative estimate of drug-likeness (QED) is 0.421. The van der Waals surface area contributed by atoms with Crippen molar-refractivity contribution in [1.82, 2.24) is 0 Å². The summed E-state index contributed by atoms with van der Waals surface area (Å²) in [5.41, 5.74) is 6.81. The SMILES string of the molecule is I.NC(=NCCC1CCCCO1)Nc1ccc2c(c1)OCCCO2. The van der Waals surface area contributed by atoms with Gasteiger partial charge in [0, 0.05) is 31.3 Å². The lowest BCUT2D eigenvalue weighted by molar-refractivity contribution is 0.0129. The summed E-state index contributed by atoms with van der Waals surface area (Å²) in [6, 6.07) is 5.71. The number of nitrogens with one attached hydrogen (secondary N) is 1. The van der Waals surface area contributed by atoms with Crippen LogP contribution in [-0.2, 0) is 4.74 Å². The molecule has 0 bridgehead atoms. The Balaban J connectivity index is 0.00000208. The Morgan fingerprint density at radius 3 is 2.75 bits per heavy atom. The number of rotatable bonds is 4. The highest BCUT2D eigenvalue weighted by atomic mass is 127. The first-order valence-electron chi connectivity index (χ1n) is 8.39. The number of nitrogens with two attached hydrogens (primary N) is 1. The van der Waals surface area contributed by atoms with Crippen LogP contribution in [0.25, 0.3) is 0 Å². The van der Waals surface area contributed by atoms with E-state index in [-0.39, 0.29) is 24.0 Å². The Kier molecular flexibility index (Phi) is 7.90. The van der Waals surface area contributed by atoms with Crippen LogP contribution in [0.5, 0.6) is 11.5 Å². The van der Waals surface area contributed by atoms with Crippen molar-refractivity contribution in [2.45, 2.75) is 38.2 Å². The fourth-order valence-electron chi connectivity index (χ4n) is 2.79. The van der Waals surface area contributed by atoms with Crippen LogP contribution in [0.3, 0.4) is 0 Å². The molecule has 6 nitrogen and oxygen atoms in total. The average molecular weight is 447 g/mol. The van der Waals surface area contributed by atoms with E-state index in [1.165, 1.54) is 12.8 Å². The predicted molar refractivity (Wildman–Crippen MR) is 106 cm³/mol. The van der Waals surface area contributed by atoms with Crippen molar-refractivity contribution >= 4 is 35.6 Å². The minimum Gasteiger partial charge on any atom is -0.490 e. The van der Waals surface area contributed by atoms with Gasteiger partial charge < -0.3 is 25.3 Å². The summed E-state index contributed by atoms with van der Waals surface area (Å²) in [4.78, 5) is 4.38. The molecular formula is C17H26IN3O3. The van der Waals surface area contributed by atoms with Crippen LogP contribution < -0.4 is 20.5 Å². The van der Waals surface area contributed by atoms with Gasteiger partial charge in [-0.25, -0.2) is 0 Å². The lowest BCUT2D eigenvalue weighted by Gasteiger charge is -2.21. The van der Waals surface area contributed by atoms with Gasteiger partial charge in [0.1, 0.15) is 0 Å². The third-order valence-corrected chi connectivity index (χ3v) is 4.03. The first kappa shape index (κ1) is 19.1. The van der Waals surface area contributed by atoms with Gasteiger partial charge in [0.05, 0.1) is 19.3 Å². The van der Waals surface area contributed by atoms with Gasteiger partial charge >= 0.3 is 0 Å². The van der Waals surface area contributed by atoms with Crippen molar-refractivity contribution < 1.29 is 14.2 Å². The summed E-state index contributed by atoms with van der Waals surface area (Å²) < 4.78 is 17.0. The topological polar surface area (TPSA) is 78.1 Å². The number of fused-ring (bicyclic) bond motifs is 1. The molecule has 1 aromatic carbocycles. The highest BCUT2D eigenvalue weighted by Gasteiger charge is 2.13. The van der Waals surface area contributed by atoms with Crippen LogP contribution in [-0.4, -0.2) is 38.4 Å². The molecule has 0 saturated carbocycles. The molecule has 2 aliphatic rings. The normalized spacial score (nSPS) is 20.7. The molecule has 0 amide bonds. The monoisotopic (exact) mass is 447 g/mol. The summed E-state index contributed by atoms with van der Waals surface area (Å²) in [5.74, 6) is 1.93. The molecule has 1 fully saturated rings. The van der Waals surface area contributed by atoms with Gasteiger partial charge in [-0.1, -0.05) is 0 Å². The van der Waals surface area contributed by atoms with Gasteiger partial charge in [-0.05, 0) is 37.8 Å². The van der Waals surface area contributed by atoms with Gasteiger partial charge in [0.2, 0.25) is 0 Å². The van der Waals surface area contributed by atoms with Crippen LogP contribution in [0.1, 0.15) is 32.1 Å². The van der Waals surface area contributed by atoms with Crippen LogP contribution in [0.2, 0.25) is 0 Å². The van der Waals surface area contributed by atoms with E-state index in [9.17, 15) is 0 Å². The van der Waals surface area contributed by atoms with Gasteiger partial charge in [0.15, 0.2) is 17.5 Å². The Bertz CT molecular complexity index is 548. The van der Waals surface area contributed by atoms with Crippen LogP contribution in [0, 0.1) is 0 Å². The summed E-state index contributed by atoms with van der Waals surface area (Å²) in [7, 11) is 0. The second-order valence-corrected chi connectivity index (χ2v) is 5.88. The van der Waals surface area contributed by atoms with Gasteiger partial charge in [-0.3, -0.25) is 4.99 Å². The Hall–Kier alpha value is -1.22. The van der Waals surface area contributed by atoms with Crippen LogP contribution in [0.15, 0.2) is 23.2 Å². The third kappa shape index (κ3) is 5.70. The molecule has 3 rings (SSSR count). The maximum absolute atomic E-state index is 5.95. The minimum absolute atomic E-state index is 0. The molecular weight excluding hydrogens is 421 g/mol. The van der Waals surface area contributed by atoms with E-state index < -0.39 is 0 Å². The Labute approximate surface area is 160 Å². The molecule has 0 radical (unpaired) electrons. The predicted octanol–water partition coefficient (Wildman–Crippen LogP) is 3.15. The van der Waals surface area contributed by atoms with Crippen LogP contribution in [0.4, 0.5) is 5.69 Å².